The van der Waals surface area contributed by atoms with Crippen molar-refractivity contribution in [1.82, 2.24) is 4.98 Å². The number of fused-ring (bicyclic) bond motifs is 1. The van der Waals surface area contributed by atoms with Gasteiger partial charge in [-0.05, 0) is 42.5 Å². The van der Waals surface area contributed by atoms with Crippen LogP contribution in [-0.2, 0) is 17.8 Å². The van der Waals surface area contributed by atoms with Crippen LogP contribution in [0.4, 0.5) is 0 Å². The van der Waals surface area contributed by atoms with Gasteiger partial charge in [-0.3, -0.25) is 4.98 Å². The van der Waals surface area contributed by atoms with Crippen LogP contribution in [0.25, 0.3) is 0 Å². The molecule has 98 valence electrons. The number of rotatable bonds is 3. The summed E-state index contributed by atoms with van der Waals surface area (Å²) in [5.41, 5.74) is 3.63. The van der Waals surface area contributed by atoms with Crippen LogP contribution in [-0.4, -0.2) is 4.98 Å². The summed E-state index contributed by atoms with van der Waals surface area (Å²) in [6.07, 6.45) is 5.33. The van der Waals surface area contributed by atoms with E-state index in [9.17, 15) is 0 Å². The zero-order valence-electron chi connectivity index (χ0n) is 10.7. The summed E-state index contributed by atoms with van der Waals surface area (Å²) in [7, 11) is 0. The Bertz CT molecular complexity index is 570. The van der Waals surface area contributed by atoms with E-state index in [0.717, 1.165) is 18.5 Å². The maximum Gasteiger partial charge on any atom is 0.0896 e. The van der Waals surface area contributed by atoms with Crippen LogP contribution in [0.5, 0.6) is 0 Å². The van der Waals surface area contributed by atoms with E-state index in [1.807, 2.05) is 6.07 Å². The van der Waals surface area contributed by atoms with Crippen molar-refractivity contribution in [1.29, 1.82) is 0 Å². The molecule has 0 aliphatic heterocycles. The molecule has 2 aromatic rings. The van der Waals surface area contributed by atoms with Gasteiger partial charge in [-0.15, -0.1) is 0 Å². The highest BCUT2D eigenvalue weighted by molar-refractivity contribution is 6.30. The van der Waals surface area contributed by atoms with Crippen molar-refractivity contribution in [3.05, 3.63) is 64.4 Å². The maximum absolute atomic E-state index is 6.03. The largest absolute Gasteiger partial charge is 0.367 e. The normalized spacial score (nSPS) is 18.1. The smallest absolute Gasteiger partial charge is 0.0896 e. The van der Waals surface area contributed by atoms with Crippen LogP contribution < -0.4 is 0 Å². The van der Waals surface area contributed by atoms with E-state index in [4.69, 9.17) is 16.3 Å². The zero-order valence-corrected chi connectivity index (χ0v) is 11.4. The Kier molecular flexibility index (Phi) is 3.81. The molecule has 0 N–H and O–H groups in total. The average Bonchev–Trinajstić information content (AvgIpc) is 2.45. The minimum atomic E-state index is 0.186. The van der Waals surface area contributed by atoms with Crippen molar-refractivity contribution in [2.75, 3.05) is 0 Å². The Morgan fingerprint density at radius 3 is 3.05 bits per heavy atom. The number of aromatic nitrogens is 1. The number of hydrogen-bond acceptors (Lipinski definition) is 2. The molecule has 1 aromatic heterocycles. The summed E-state index contributed by atoms with van der Waals surface area (Å²) in [4.78, 5) is 4.27. The molecular formula is C16H16ClNO. The Labute approximate surface area is 118 Å². The van der Waals surface area contributed by atoms with Crippen molar-refractivity contribution < 1.29 is 4.74 Å². The van der Waals surface area contributed by atoms with Gasteiger partial charge < -0.3 is 4.74 Å². The van der Waals surface area contributed by atoms with E-state index in [1.165, 1.54) is 17.5 Å². The molecule has 2 nitrogen and oxygen atoms in total. The van der Waals surface area contributed by atoms with Crippen molar-refractivity contribution in [3.63, 3.8) is 0 Å². The molecule has 1 aliphatic carbocycles. The lowest BCUT2D eigenvalue weighted by Gasteiger charge is -2.25. The van der Waals surface area contributed by atoms with Crippen LogP contribution in [0.2, 0.25) is 5.02 Å². The number of nitrogens with zero attached hydrogens (tertiary/aromatic N) is 1. The molecule has 0 saturated heterocycles. The molecule has 1 unspecified atom stereocenters. The third kappa shape index (κ3) is 2.96. The van der Waals surface area contributed by atoms with E-state index in [-0.39, 0.29) is 6.10 Å². The fourth-order valence-corrected chi connectivity index (χ4v) is 2.78. The number of benzene rings is 1. The quantitative estimate of drug-likeness (QED) is 0.830. The SMILES string of the molecule is Clc1ccnc(COC2CCCc3ccccc32)c1. The minimum Gasteiger partial charge on any atom is -0.367 e. The molecule has 0 radical (unpaired) electrons. The van der Waals surface area contributed by atoms with Crippen LogP contribution in [0.15, 0.2) is 42.6 Å². The third-order valence-corrected chi connectivity index (χ3v) is 3.76. The molecule has 0 fully saturated rings. The molecular weight excluding hydrogens is 258 g/mol. The lowest BCUT2D eigenvalue weighted by atomic mass is 9.89. The van der Waals surface area contributed by atoms with Gasteiger partial charge in [0.1, 0.15) is 0 Å². The topological polar surface area (TPSA) is 22.1 Å². The Balaban J connectivity index is 1.71. The summed E-state index contributed by atoms with van der Waals surface area (Å²) >= 11 is 5.95. The van der Waals surface area contributed by atoms with Gasteiger partial charge in [0.05, 0.1) is 18.4 Å². The fourth-order valence-electron chi connectivity index (χ4n) is 2.60. The molecule has 1 aliphatic rings. The maximum atomic E-state index is 6.03. The summed E-state index contributed by atoms with van der Waals surface area (Å²) in [5.74, 6) is 0. The summed E-state index contributed by atoms with van der Waals surface area (Å²) in [5, 5.41) is 0.706. The average molecular weight is 274 g/mol. The van der Waals surface area contributed by atoms with Crippen LogP contribution in [0.3, 0.4) is 0 Å². The molecule has 0 spiro atoms. The highest BCUT2D eigenvalue weighted by Gasteiger charge is 2.20. The standard InChI is InChI=1S/C16H16ClNO/c17-13-8-9-18-14(10-13)11-19-16-7-3-5-12-4-1-2-6-15(12)16/h1-2,4,6,8-10,16H,3,5,7,11H2. The molecule has 19 heavy (non-hydrogen) atoms. The van der Waals surface area contributed by atoms with Gasteiger partial charge in [-0.25, -0.2) is 0 Å². The first-order valence-electron chi connectivity index (χ1n) is 6.63. The molecule has 3 rings (SSSR count). The molecule has 1 aromatic carbocycles. The highest BCUT2D eigenvalue weighted by Crippen LogP contribution is 2.32. The van der Waals surface area contributed by atoms with E-state index in [1.54, 1.807) is 12.3 Å². The van der Waals surface area contributed by atoms with Crippen molar-refractivity contribution in [2.24, 2.45) is 0 Å². The summed E-state index contributed by atoms with van der Waals surface area (Å²) < 4.78 is 6.03. The van der Waals surface area contributed by atoms with Gasteiger partial charge in [0, 0.05) is 11.2 Å². The third-order valence-electron chi connectivity index (χ3n) is 3.53. The zero-order chi connectivity index (χ0) is 13.1. The second-order valence-electron chi connectivity index (χ2n) is 4.86. The predicted octanol–water partition coefficient (Wildman–Crippen LogP) is 4.33. The molecule has 3 heteroatoms. The van der Waals surface area contributed by atoms with Crippen molar-refractivity contribution in [2.45, 2.75) is 32.0 Å². The van der Waals surface area contributed by atoms with Crippen molar-refractivity contribution in [3.8, 4) is 0 Å². The van der Waals surface area contributed by atoms with Gasteiger partial charge in [-0.1, -0.05) is 35.9 Å². The summed E-state index contributed by atoms with van der Waals surface area (Å²) in [6, 6.07) is 12.2. The minimum absolute atomic E-state index is 0.186. The van der Waals surface area contributed by atoms with Crippen LogP contribution in [0, 0.1) is 0 Å². The number of halogens is 1. The van der Waals surface area contributed by atoms with Gasteiger partial charge in [0.15, 0.2) is 0 Å². The number of pyridine rings is 1. The van der Waals surface area contributed by atoms with Gasteiger partial charge in [0.25, 0.3) is 0 Å². The first-order valence-corrected chi connectivity index (χ1v) is 7.00. The van der Waals surface area contributed by atoms with E-state index >= 15 is 0 Å². The van der Waals surface area contributed by atoms with Gasteiger partial charge in [-0.2, -0.15) is 0 Å². The second kappa shape index (κ2) is 5.72. The predicted molar refractivity (Wildman–Crippen MR) is 76.2 cm³/mol. The van der Waals surface area contributed by atoms with E-state index < -0.39 is 0 Å². The second-order valence-corrected chi connectivity index (χ2v) is 5.29. The molecule has 0 bridgehead atoms. The Hall–Kier alpha value is -1.38. The number of aryl methyl sites for hydroxylation is 1. The van der Waals surface area contributed by atoms with Crippen molar-refractivity contribution >= 4 is 11.6 Å². The Morgan fingerprint density at radius 1 is 1.26 bits per heavy atom. The lowest BCUT2D eigenvalue weighted by Crippen LogP contribution is -2.13. The monoisotopic (exact) mass is 273 g/mol. The first-order chi connectivity index (χ1) is 9.33. The molecule has 0 amide bonds. The molecule has 1 atom stereocenters. The van der Waals surface area contributed by atoms with Crippen LogP contribution >= 0.6 is 11.6 Å². The van der Waals surface area contributed by atoms with Gasteiger partial charge in [0.2, 0.25) is 0 Å². The van der Waals surface area contributed by atoms with E-state index in [2.05, 4.69) is 29.2 Å². The van der Waals surface area contributed by atoms with Crippen LogP contribution in [0.1, 0.15) is 35.8 Å². The van der Waals surface area contributed by atoms with E-state index in [0.29, 0.717) is 11.6 Å². The lowest BCUT2D eigenvalue weighted by molar-refractivity contribution is 0.0265. The van der Waals surface area contributed by atoms with Gasteiger partial charge >= 0.3 is 0 Å². The number of hydrogen-bond donors (Lipinski definition) is 0. The molecule has 0 saturated carbocycles. The number of ether oxygens (including phenoxy) is 1. The summed E-state index contributed by atoms with van der Waals surface area (Å²) in [6.45, 7) is 0.513. The highest BCUT2D eigenvalue weighted by atomic mass is 35.5. The fraction of sp³-hybridized carbons (Fsp3) is 0.312. The first kappa shape index (κ1) is 12.6. The molecule has 1 heterocycles. The Morgan fingerprint density at radius 2 is 2.16 bits per heavy atom.